The zero-order valence-corrected chi connectivity index (χ0v) is 15.2. The number of amides is 1. The highest BCUT2D eigenvalue weighted by Gasteiger charge is 2.14. The first-order valence-corrected chi connectivity index (χ1v) is 8.57. The van der Waals surface area contributed by atoms with E-state index in [1.165, 1.54) is 6.20 Å². The molecule has 3 rings (SSSR count). The van der Waals surface area contributed by atoms with Crippen LogP contribution in [0.3, 0.4) is 0 Å². The third kappa shape index (κ3) is 3.74. The molecular weight excluding hydrogens is 328 g/mol. The molecule has 1 amide bonds. The van der Waals surface area contributed by atoms with Crippen LogP contribution in [0.15, 0.2) is 48.7 Å². The molecule has 1 N–H and O–H groups in total. The van der Waals surface area contributed by atoms with Gasteiger partial charge in [0.2, 0.25) is 5.88 Å². The van der Waals surface area contributed by atoms with Gasteiger partial charge in [-0.1, -0.05) is 18.2 Å². The maximum absolute atomic E-state index is 12.4. The molecule has 0 bridgehead atoms. The van der Waals surface area contributed by atoms with Crippen molar-refractivity contribution in [3.05, 3.63) is 71.2 Å². The molecular formula is C20H22N4O2. The van der Waals surface area contributed by atoms with Gasteiger partial charge in [0.15, 0.2) is 0 Å². The molecule has 26 heavy (non-hydrogen) atoms. The zero-order valence-electron chi connectivity index (χ0n) is 15.2. The van der Waals surface area contributed by atoms with Crippen molar-refractivity contribution in [2.75, 3.05) is 6.61 Å². The highest BCUT2D eigenvalue weighted by atomic mass is 16.5. The number of pyridine rings is 1. The molecule has 0 aliphatic rings. The summed E-state index contributed by atoms with van der Waals surface area (Å²) in [5.41, 5.74) is 4.43. The summed E-state index contributed by atoms with van der Waals surface area (Å²) in [6.45, 7) is 6.81. The number of carbonyl (C=O) groups is 1. The van der Waals surface area contributed by atoms with Gasteiger partial charge in [0.25, 0.3) is 5.91 Å². The third-order valence-corrected chi connectivity index (χ3v) is 4.16. The predicted octanol–water partition coefficient (Wildman–Crippen LogP) is 3.21. The Labute approximate surface area is 152 Å². The lowest BCUT2D eigenvalue weighted by molar-refractivity contribution is 0.0950. The van der Waals surface area contributed by atoms with Crippen molar-refractivity contribution in [1.82, 2.24) is 20.1 Å². The predicted molar refractivity (Wildman–Crippen MR) is 99.6 cm³/mol. The van der Waals surface area contributed by atoms with Crippen LogP contribution in [-0.4, -0.2) is 27.3 Å². The van der Waals surface area contributed by atoms with Crippen molar-refractivity contribution in [2.24, 2.45) is 0 Å². The van der Waals surface area contributed by atoms with Crippen molar-refractivity contribution < 1.29 is 9.53 Å². The summed E-state index contributed by atoms with van der Waals surface area (Å²) in [7, 11) is 0. The van der Waals surface area contributed by atoms with E-state index in [-0.39, 0.29) is 5.91 Å². The van der Waals surface area contributed by atoms with E-state index in [9.17, 15) is 4.79 Å². The SMILES string of the molecule is CCOc1ccc(C(=O)NCc2c(C)nn(-c3ccccc3)c2C)cn1. The van der Waals surface area contributed by atoms with Crippen LogP contribution >= 0.6 is 0 Å². The quantitative estimate of drug-likeness (QED) is 0.741. The molecule has 6 heteroatoms. The minimum Gasteiger partial charge on any atom is -0.478 e. The van der Waals surface area contributed by atoms with Crippen molar-refractivity contribution in [2.45, 2.75) is 27.3 Å². The molecule has 0 aliphatic heterocycles. The van der Waals surface area contributed by atoms with Crippen LogP contribution in [0.2, 0.25) is 0 Å². The first-order valence-electron chi connectivity index (χ1n) is 8.57. The van der Waals surface area contributed by atoms with Crippen LogP contribution in [0.4, 0.5) is 0 Å². The summed E-state index contributed by atoms with van der Waals surface area (Å²) >= 11 is 0. The first-order chi connectivity index (χ1) is 12.6. The van der Waals surface area contributed by atoms with E-state index in [0.717, 1.165) is 22.6 Å². The number of hydrogen-bond acceptors (Lipinski definition) is 4. The van der Waals surface area contributed by atoms with Gasteiger partial charge in [-0.05, 0) is 39.0 Å². The maximum Gasteiger partial charge on any atom is 0.253 e. The molecule has 2 aromatic heterocycles. The van der Waals surface area contributed by atoms with E-state index in [0.29, 0.717) is 24.6 Å². The monoisotopic (exact) mass is 350 g/mol. The number of ether oxygens (including phenoxy) is 1. The van der Waals surface area contributed by atoms with E-state index in [4.69, 9.17) is 4.74 Å². The van der Waals surface area contributed by atoms with Gasteiger partial charge in [0.05, 0.1) is 23.6 Å². The average molecular weight is 350 g/mol. The molecule has 0 atom stereocenters. The number of aromatic nitrogens is 3. The minimum absolute atomic E-state index is 0.174. The molecule has 0 spiro atoms. The largest absolute Gasteiger partial charge is 0.478 e. The lowest BCUT2D eigenvalue weighted by Crippen LogP contribution is -2.23. The van der Waals surface area contributed by atoms with Crippen molar-refractivity contribution in [1.29, 1.82) is 0 Å². The summed E-state index contributed by atoms with van der Waals surface area (Å²) in [5, 5.41) is 7.54. The Kier molecular flexibility index (Phi) is 5.31. The Bertz CT molecular complexity index is 886. The average Bonchev–Trinajstić information content (AvgIpc) is 2.95. The zero-order chi connectivity index (χ0) is 18.5. The number of aryl methyl sites for hydroxylation is 1. The Morgan fingerprint density at radius 1 is 1.15 bits per heavy atom. The standard InChI is InChI=1S/C20H22N4O2/c1-4-26-19-11-10-16(12-21-19)20(25)22-13-18-14(2)23-24(15(18)3)17-8-6-5-7-9-17/h5-12H,4,13H2,1-3H3,(H,22,25). The molecule has 0 fully saturated rings. The van der Waals surface area contributed by atoms with Crippen LogP contribution in [0.25, 0.3) is 5.69 Å². The van der Waals surface area contributed by atoms with Crippen LogP contribution < -0.4 is 10.1 Å². The fraction of sp³-hybridized carbons (Fsp3) is 0.250. The smallest absolute Gasteiger partial charge is 0.253 e. The van der Waals surface area contributed by atoms with Crippen LogP contribution in [0.5, 0.6) is 5.88 Å². The van der Waals surface area contributed by atoms with Gasteiger partial charge < -0.3 is 10.1 Å². The van der Waals surface area contributed by atoms with Crippen molar-refractivity contribution in [3.8, 4) is 11.6 Å². The van der Waals surface area contributed by atoms with Crippen molar-refractivity contribution >= 4 is 5.91 Å². The molecule has 134 valence electrons. The molecule has 1 aromatic carbocycles. The van der Waals surface area contributed by atoms with E-state index in [1.54, 1.807) is 12.1 Å². The second-order valence-electron chi connectivity index (χ2n) is 5.90. The van der Waals surface area contributed by atoms with Gasteiger partial charge >= 0.3 is 0 Å². The molecule has 3 aromatic rings. The number of rotatable bonds is 6. The lowest BCUT2D eigenvalue weighted by atomic mass is 10.2. The highest BCUT2D eigenvalue weighted by molar-refractivity contribution is 5.93. The van der Waals surface area contributed by atoms with Gasteiger partial charge in [0.1, 0.15) is 0 Å². The van der Waals surface area contributed by atoms with E-state index < -0.39 is 0 Å². The van der Waals surface area contributed by atoms with Crippen LogP contribution in [0.1, 0.15) is 34.2 Å². The summed E-state index contributed by atoms with van der Waals surface area (Å²) in [6, 6.07) is 13.4. The Balaban J connectivity index is 1.71. The normalized spacial score (nSPS) is 10.6. The molecule has 0 aliphatic carbocycles. The van der Waals surface area contributed by atoms with E-state index in [2.05, 4.69) is 15.4 Å². The number of para-hydroxylation sites is 1. The molecule has 6 nitrogen and oxygen atoms in total. The summed E-state index contributed by atoms with van der Waals surface area (Å²) in [5.74, 6) is 0.340. The van der Waals surface area contributed by atoms with Gasteiger partial charge in [-0.15, -0.1) is 0 Å². The highest BCUT2D eigenvalue weighted by Crippen LogP contribution is 2.18. The fourth-order valence-electron chi connectivity index (χ4n) is 2.77. The molecule has 0 saturated heterocycles. The number of nitrogens with zero attached hydrogens (tertiary/aromatic N) is 3. The minimum atomic E-state index is -0.174. The van der Waals surface area contributed by atoms with Crippen LogP contribution in [-0.2, 0) is 6.54 Å². The third-order valence-electron chi connectivity index (χ3n) is 4.16. The first kappa shape index (κ1) is 17.7. The van der Waals surface area contributed by atoms with Gasteiger partial charge in [-0.3, -0.25) is 4.79 Å². The van der Waals surface area contributed by atoms with E-state index in [1.807, 2.05) is 55.8 Å². The van der Waals surface area contributed by atoms with E-state index >= 15 is 0 Å². The van der Waals surface area contributed by atoms with Gasteiger partial charge in [-0.25, -0.2) is 9.67 Å². The number of nitrogens with one attached hydrogen (secondary N) is 1. The summed E-state index contributed by atoms with van der Waals surface area (Å²) < 4.78 is 7.19. The number of hydrogen-bond donors (Lipinski definition) is 1. The molecule has 2 heterocycles. The topological polar surface area (TPSA) is 69.0 Å². The number of benzene rings is 1. The van der Waals surface area contributed by atoms with Crippen LogP contribution in [0, 0.1) is 13.8 Å². The Morgan fingerprint density at radius 2 is 1.92 bits per heavy atom. The van der Waals surface area contributed by atoms with Crippen molar-refractivity contribution in [3.63, 3.8) is 0 Å². The second kappa shape index (κ2) is 7.82. The number of carbonyl (C=O) groups excluding carboxylic acids is 1. The Morgan fingerprint density at radius 3 is 2.58 bits per heavy atom. The fourth-order valence-corrected chi connectivity index (χ4v) is 2.77. The molecule has 0 radical (unpaired) electrons. The second-order valence-corrected chi connectivity index (χ2v) is 5.90. The molecule has 0 saturated carbocycles. The van der Waals surface area contributed by atoms with Gasteiger partial charge in [0, 0.05) is 30.1 Å². The Hall–Kier alpha value is -3.15. The lowest BCUT2D eigenvalue weighted by Gasteiger charge is -2.08. The maximum atomic E-state index is 12.4. The summed E-state index contributed by atoms with van der Waals surface area (Å²) in [4.78, 5) is 16.5. The molecule has 0 unspecified atom stereocenters. The summed E-state index contributed by atoms with van der Waals surface area (Å²) in [6.07, 6.45) is 1.52. The van der Waals surface area contributed by atoms with Gasteiger partial charge in [-0.2, -0.15) is 5.10 Å².